The minimum atomic E-state index is -0.937. The highest BCUT2D eigenvalue weighted by atomic mass is 19.1. The fourth-order valence-electron chi connectivity index (χ4n) is 3.13. The lowest BCUT2D eigenvalue weighted by Gasteiger charge is -2.26. The molecular formula is C21H20F2N6O2. The summed E-state index contributed by atoms with van der Waals surface area (Å²) in [4.78, 5) is 21.1. The van der Waals surface area contributed by atoms with E-state index in [2.05, 4.69) is 16.2 Å². The molecule has 4 N–H and O–H groups in total. The highest BCUT2D eigenvalue weighted by Crippen LogP contribution is 2.24. The topological polar surface area (TPSA) is 131 Å². The lowest BCUT2D eigenvalue weighted by Crippen LogP contribution is -2.35. The van der Waals surface area contributed by atoms with E-state index in [9.17, 15) is 13.6 Å². The smallest absolute Gasteiger partial charge is 0.256 e. The van der Waals surface area contributed by atoms with Crippen LogP contribution in [0.15, 0.2) is 47.1 Å². The van der Waals surface area contributed by atoms with Crippen LogP contribution in [0.1, 0.15) is 18.4 Å². The van der Waals surface area contributed by atoms with Crippen molar-refractivity contribution in [3.63, 3.8) is 0 Å². The molecular weight excluding hydrogens is 406 g/mol. The fourth-order valence-corrected chi connectivity index (χ4v) is 3.13. The first kappa shape index (κ1) is 21.7. The van der Waals surface area contributed by atoms with Gasteiger partial charge in [-0.15, -0.1) is 0 Å². The maximum Gasteiger partial charge on any atom is 0.256 e. The summed E-state index contributed by atoms with van der Waals surface area (Å²) in [6.07, 6.45) is 5.01. The molecule has 0 bridgehead atoms. The highest BCUT2D eigenvalue weighted by molar-refractivity contribution is 6.18. The molecule has 1 aliphatic heterocycles. The summed E-state index contributed by atoms with van der Waals surface area (Å²) in [7, 11) is 0. The lowest BCUT2D eigenvalue weighted by atomic mass is 10.0. The molecule has 1 saturated heterocycles. The van der Waals surface area contributed by atoms with Gasteiger partial charge in [0.05, 0.1) is 30.1 Å². The summed E-state index contributed by atoms with van der Waals surface area (Å²) in [6.45, 7) is 1.11. The maximum atomic E-state index is 13.7. The van der Waals surface area contributed by atoms with Gasteiger partial charge in [0.25, 0.3) is 5.88 Å². The van der Waals surface area contributed by atoms with Crippen molar-refractivity contribution in [2.24, 2.45) is 16.5 Å². The third-order valence-electron chi connectivity index (χ3n) is 4.70. The van der Waals surface area contributed by atoms with Crippen LogP contribution in [0, 0.1) is 23.1 Å². The van der Waals surface area contributed by atoms with Crippen LogP contribution in [0.4, 0.5) is 8.78 Å². The Balaban J connectivity index is 1.78. The van der Waals surface area contributed by atoms with Crippen molar-refractivity contribution in [2.75, 3.05) is 13.1 Å². The Labute approximate surface area is 177 Å². The Hall–Kier alpha value is -4.00. The van der Waals surface area contributed by atoms with Crippen LogP contribution in [0.25, 0.3) is 5.70 Å². The third-order valence-corrected chi connectivity index (χ3v) is 4.70. The van der Waals surface area contributed by atoms with Crippen molar-refractivity contribution in [3.05, 3.63) is 59.3 Å². The summed E-state index contributed by atoms with van der Waals surface area (Å²) in [5.41, 5.74) is 12.8. The van der Waals surface area contributed by atoms with Crippen molar-refractivity contribution >= 4 is 17.8 Å². The molecule has 1 aromatic carbocycles. The summed E-state index contributed by atoms with van der Waals surface area (Å²) >= 11 is 0. The maximum absolute atomic E-state index is 13.7. The molecule has 1 fully saturated rings. The number of aromatic nitrogens is 1. The molecule has 0 radical (unpaired) electrons. The summed E-state index contributed by atoms with van der Waals surface area (Å²) in [5.74, 6) is -1.89. The van der Waals surface area contributed by atoms with Crippen LogP contribution >= 0.6 is 0 Å². The van der Waals surface area contributed by atoms with Gasteiger partial charge >= 0.3 is 0 Å². The highest BCUT2D eigenvalue weighted by Gasteiger charge is 2.20. The van der Waals surface area contributed by atoms with E-state index in [0.717, 1.165) is 19.0 Å². The zero-order chi connectivity index (χ0) is 22.4. The van der Waals surface area contributed by atoms with Gasteiger partial charge in [0.2, 0.25) is 0 Å². The second-order valence-electron chi connectivity index (χ2n) is 6.87. The van der Waals surface area contributed by atoms with Gasteiger partial charge in [-0.1, -0.05) is 0 Å². The summed E-state index contributed by atoms with van der Waals surface area (Å²) in [5, 5.41) is 9.04. The molecule has 1 unspecified atom stereocenters. The van der Waals surface area contributed by atoms with E-state index >= 15 is 0 Å². The number of nitrogens with zero attached hydrogens (tertiary/aromatic N) is 4. The second-order valence-corrected chi connectivity index (χ2v) is 6.87. The number of pyridine rings is 1. The van der Waals surface area contributed by atoms with Crippen molar-refractivity contribution in [1.29, 1.82) is 5.26 Å². The van der Waals surface area contributed by atoms with Gasteiger partial charge in [-0.25, -0.2) is 13.8 Å². The first-order valence-electron chi connectivity index (χ1n) is 9.44. The molecule has 0 spiro atoms. The molecule has 3 rings (SSSR count). The van der Waals surface area contributed by atoms with Gasteiger partial charge in [-0.2, -0.15) is 5.26 Å². The quantitative estimate of drug-likeness (QED) is 0.238. The first-order chi connectivity index (χ1) is 14.9. The average Bonchev–Trinajstić information content (AvgIpc) is 2.76. The van der Waals surface area contributed by atoms with E-state index in [0.29, 0.717) is 31.0 Å². The molecule has 2 aromatic rings. The predicted molar refractivity (Wildman–Crippen MR) is 110 cm³/mol. The third kappa shape index (κ3) is 5.33. The standard InChI is InChI=1S/C21H20F2N6O2/c22-14-8-18(23)21(27-9-14)31-16-5-3-13(4-6-16)19(25)17(11-30)20(26)28-15-2-1-7-29(10-15)12-24/h3-6,8-9,11,15H,1-2,7,10,25H2,(H2,26,28). The van der Waals surface area contributed by atoms with Crippen LogP contribution < -0.4 is 16.2 Å². The Morgan fingerprint density at radius 1 is 1.32 bits per heavy atom. The van der Waals surface area contributed by atoms with Gasteiger partial charge in [-0.05, 0) is 42.7 Å². The molecule has 0 aliphatic carbocycles. The predicted octanol–water partition coefficient (Wildman–Crippen LogP) is 2.32. The fraction of sp³-hybridized carbons (Fsp3) is 0.238. The number of amidine groups is 1. The molecule has 1 aromatic heterocycles. The SMILES string of the molecule is N#CN1CCCC(N=C(N)C(C=O)=C(N)c2ccc(Oc3ncc(F)cc3F)cc2)C1. The minimum Gasteiger partial charge on any atom is -0.436 e. The number of aldehydes is 1. The van der Waals surface area contributed by atoms with Crippen LogP contribution in [0.3, 0.4) is 0 Å². The van der Waals surface area contributed by atoms with Gasteiger partial charge in [0, 0.05) is 12.6 Å². The molecule has 31 heavy (non-hydrogen) atoms. The molecule has 10 heteroatoms. The Morgan fingerprint density at radius 2 is 2.06 bits per heavy atom. The number of carbonyl (C=O) groups excluding carboxylic acids is 1. The van der Waals surface area contributed by atoms with Crippen LogP contribution in [-0.4, -0.2) is 41.1 Å². The van der Waals surface area contributed by atoms with E-state index in [1.165, 1.54) is 12.1 Å². The molecule has 0 saturated carbocycles. The summed E-state index contributed by atoms with van der Waals surface area (Å²) in [6, 6.07) is 6.56. The number of hydrogen-bond acceptors (Lipinski definition) is 7. The zero-order valence-corrected chi connectivity index (χ0v) is 16.5. The molecule has 8 nitrogen and oxygen atoms in total. The number of carbonyl (C=O) groups is 1. The number of rotatable bonds is 6. The zero-order valence-electron chi connectivity index (χ0n) is 16.5. The number of hydrogen-bond donors (Lipinski definition) is 2. The van der Waals surface area contributed by atoms with E-state index < -0.39 is 11.6 Å². The number of piperidine rings is 1. The molecule has 160 valence electrons. The van der Waals surface area contributed by atoms with E-state index in [-0.39, 0.29) is 34.8 Å². The van der Waals surface area contributed by atoms with Crippen LogP contribution in [0.5, 0.6) is 11.6 Å². The monoisotopic (exact) mass is 426 g/mol. The normalized spacial score (nSPS) is 17.5. The number of halogens is 2. The lowest BCUT2D eigenvalue weighted by molar-refractivity contribution is -0.104. The first-order valence-corrected chi connectivity index (χ1v) is 9.44. The average molecular weight is 426 g/mol. The minimum absolute atomic E-state index is 0.00444. The number of likely N-dealkylation sites (tertiary alicyclic amines) is 1. The largest absolute Gasteiger partial charge is 0.436 e. The molecule has 0 amide bonds. The van der Waals surface area contributed by atoms with Gasteiger partial charge < -0.3 is 21.1 Å². The molecule has 2 heterocycles. The van der Waals surface area contributed by atoms with E-state index in [1.807, 2.05) is 0 Å². The van der Waals surface area contributed by atoms with Crippen molar-refractivity contribution in [1.82, 2.24) is 9.88 Å². The van der Waals surface area contributed by atoms with Crippen molar-refractivity contribution in [2.45, 2.75) is 18.9 Å². The van der Waals surface area contributed by atoms with Crippen LogP contribution in [0.2, 0.25) is 0 Å². The number of nitrogens with two attached hydrogens (primary N) is 2. The number of aliphatic imine (C=N–C) groups is 1. The van der Waals surface area contributed by atoms with E-state index in [1.54, 1.807) is 17.0 Å². The van der Waals surface area contributed by atoms with Gasteiger partial charge in [0.15, 0.2) is 18.3 Å². The van der Waals surface area contributed by atoms with Gasteiger partial charge in [-0.3, -0.25) is 9.79 Å². The molecule has 1 aliphatic rings. The van der Waals surface area contributed by atoms with Crippen molar-refractivity contribution in [3.8, 4) is 17.8 Å². The number of ether oxygens (including phenoxy) is 1. The molecule has 1 atom stereocenters. The van der Waals surface area contributed by atoms with Crippen molar-refractivity contribution < 1.29 is 18.3 Å². The second kappa shape index (κ2) is 9.67. The van der Waals surface area contributed by atoms with Gasteiger partial charge in [0.1, 0.15) is 17.4 Å². The Morgan fingerprint density at radius 3 is 2.71 bits per heavy atom. The van der Waals surface area contributed by atoms with E-state index in [4.69, 9.17) is 21.5 Å². The Kier molecular flexibility index (Phi) is 6.77. The Bertz CT molecular complexity index is 1060. The summed E-state index contributed by atoms with van der Waals surface area (Å²) < 4.78 is 31.9. The number of nitriles is 1. The number of benzene rings is 1. The van der Waals surface area contributed by atoms with Crippen LogP contribution in [-0.2, 0) is 4.79 Å².